The number of hydrogen-bond donors (Lipinski definition) is 0. The van der Waals surface area contributed by atoms with Crippen molar-refractivity contribution >= 4 is 17.8 Å². The topological polar surface area (TPSA) is 72.9 Å². The molecule has 2 aliphatic rings. The molecule has 1 aromatic rings. The van der Waals surface area contributed by atoms with Gasteiger partial charge in [0, 0.05) is 19.4 Å². The van der Waals surface area contributed by atoms with Crippen molar-refractivity contribution < 1.29 is 23.9 Å². The van der Waals surface area contributed by atoms with E-state index in [2.05, 4.69) is 6.92 Å². The van der Waals surface area contributed by atoms with Gasteiger partial charge in [-0.05, 0) is 18.6 Å². The van der Waals surface area contributed by atoms with Crippen LogP contribution in [0.4, 0.5) is 0 Å². The highest BCUT2D eigenvalue weighted by atomic mass is 16.5. The van der Waals surface area contributed by atoms with Crippen LogP contribution in [0.1, 0.15) is 53.3 Å². The van der Waals surface area contributed by atoms with Crippen LogP contribution < -0.4 is 0 Å². The fourth-order valence-electron chi connectivity index (χ4n) is 3.41. The summed E-state index contributed by atoms with van der Waals surface area (Å²) in [6.45, 7) is 2.68. The zero-order valence-electron chi connectivity index (χ0n) is 13.9. The quantitative estimate of drug-likeness (QED) is 0.454. The number of hydrogen-bond acceptors (Lipinski definition) is 5. The van der Waals surface area contributed by atoms with Crippen LogP contribution in [-0.4, -0.2) is 48.0 Å². The summed E-state index contributed by atoms with van der Waals surface area (Å²) in [4.78, 5) is 38.9. The summed E-state index contributed by atoms with van der Waals surface area (Å²) in [6, 6.07) is 6.62. The molecule has 1 heterocycles. The van der Waals surface area contributed by atoms with Crippen LogP contribution in [0.2, 0.25) is 0 Å². The zero-order valence-corrected chi connectivity index (χ0v) is 13.9. The molecule has 0 aromatic heterocycles. The third-order valence-electron chi connectivity index (χ3n) is 4.77. The second-order valence-electron chi connectivity index (χ2n) is 6.27. The van der Waals surface area contributed by atoms with Gasteiger partial charge in [0.05, 0.1) is 24.3 Å². The molecule has 0 spiro atoms. The van der Waals surface area contributed by atoms with E-state index in [1.54, 1.807) is 24.3 Å². The molecule has 1 aliphatic heterocycles. The lowest BCUT2D eigenvalue weighted by atomic mass is 9.72. The van der Waals surface area contributed by atoms with E-state index in [-0.39, 0.29) is 18.9 Å². The average molecular weight is 331 g/mol. The van der Waals surface area contributed by atoms with E-state index in [9.17, 15) is 14.4 Å². The molecule has 6 heteroatoms. The van der Waals surface area contributed by atoms with Crippen LogP contribution in [-0.2, 0) is 14.3 Å². The molecule has 1 aromatic carbocycles. The molecular formula is C18H21NO5. The van der Waals surface area contributed by atoms with Crippen LogP contribution in [0.25, 0.3) is 0 Å². The maximum absolute atomic E-state index is 12.7. The Morgan fingerprint density at radius 2 is 1.79 bits per heavy atom. The van der Waals surface area contributed by atoms with Crippen LogP contribution in [0.5, 0.6) is 0 Å². The molecule has 6 nitrogen and oxygen atoms in total. The average Bonchev–Trinajstić information content (AvgIpc) is 2.82. The fourth-order valence-corrected chi connectivity index (χ4v) is 3.41. The van der Waals surface area contributed by atoms with Gasteiger partial charge in [-0.15, -0.1) is 0 Å². The van der Waals surface area contributed by atoms with E-state index in [0.29, 0.717) is 17.7 Å². The maximum Gasteiger partial charge on any atom is 0.332 e. The first-order valence-corrected chi connectivity index (χ1v) is 8.23. The summed E-state index contributed by atoms with van der Waals surface area (Å²) < 4.78 is 10.6. The Hall–Kier alpha value is -2.21. The molecule has 0 saturated heterocycles. The molecule has 0 N–H and O–H groups in total. The summed E-state index contributed by atoms with van der Waals surface area (Å²) in [5.74, 6) is -1.44. The van der Waals surface area contributed by atoms with Gasteiger partial charge in [0.15, 0.2) is 5.54 Å². The van der Waals surface area contributed by atoms with Gasteiger partial charge in [-0.1, -0.05) is 25.5 Å². The van der Waals surface area contributed by atoms with Crippen LogP contribution in [0.15, 0.2) is 24.3 Å². The third kappa shape index (κ3) is 2.41. The number of nitrogens with zero attached hydrogens (tertiary/aromatic N) is 1. The van der Waals surface area contributed by atoms with Crippen molar-refractivity contribution in [1.29, 1.82) is 0 Å². The van der Waals surface area contributed by atoms with E-state index >= 15 is 0 Å². The van der Waals surface area contributed by atoms with Gasteiger partial charge >= 0.3 is 5.97 Å². The molecule has 2 amide bonds. The highest BCUT2D eigenvalue weighted by molar-refractivity contribution is 6.23. The highest BCUT2D eigenvalue weighted by Gasteiger charge is 2.61. The van der Waals surface area contributed by atoms with Gasteiger partial charge in [-0.25, -0.2) is 4.79 Å². The Bertz CT molecular complexity index is 643. The van der Waals surface area contributed by atoms with Gasteiger partial charge in [-0.2, -0.15) is 0 Å². The summed E-state index contributed by atoms with van der Waals surface area (Å²) in [6.07, 6.45) is 2.39. The normalized spacial score (nSPS) is 25.4. The van der Waals surface area contributed by atoms with Crippen LogP contribution in [0, 0.1) is 0 Å². The SMILES string of the molecule is CCCCO[C@H]1C[C@](C(=O)OC)(N2C(=O)c3ccccc3C2=O)C1. The summed E-state index contributed by atoms with van der Waals surface area (Å²) in [5, 5.41) is 0. The van der Waals surface area contributed by atoms with Crippen molar-refractivity contribution in [3.05, 3.63) is 35.4 Å². The molecule has 1 aliphatic carbocycles. The minimum absolute atomic E-state index is 0.139. The predicted molar refractivity (Wildman–Crippen MR) is 85.6 cm³/mol. The van der Waals surface area contributed by atoms with Gasteiger partial charge in [0.2, 0.25) is 0 Å². The van der Waals surface area contributed by atoms with Crippen molar-refractivity contribution in [1.82, 2.24) is 4.90 Å². The second kappa shape index (κ2) is 6.36. The number of carbonyl (C=O) groups excluding carboxylic acids is 3. The Kier molecular flexibility index (Phi) is 4.41. The number of unbranched alkanes of at least 4 members (excludes halogenated alkanes) is 1. The largest absolute Gasteiger partial charge is 0.467 e. The first-order valence-electron chi connectivity index (χ1n) is 8.23. The predicted octanol–water partition coefficient (Wildman–Crippen LogP) is 2.17. The van der Waals surface area contributed by atoms with E-state index in [4.69, 9.17) is 9.47 Å². The van der Waals surface area contributed by atoms with Crippen molar-refractivity contribution in [2.45, 2.75) is 44.2 Å². The maximum atomic E-state index is 12.7. The number of ether oxygens (including phenoxy) is 2. The molecule has 0 atom stereocenters. The number of imide groups is 1. The van der Waals surface area contributed by atoms with E-state index in [1.165, 1.54) is 7.11 Å². The number of esters is 1. The van der Waals surface area contributed by atoms with Crippen molar-refractivity contribution in [2.24, 2.45) is 0 Å². The molecule has 1 fully saturated rings. The Morgan fingerprint density at radius 1 is 1.21 bits per heavy atom. The number of benzene rings is 1. The summed E-state index contributed by atoms with van der Waals surface area (Å²) >= 11 is 0. The first kappa shape index (κ1) is 16.6. The van der Waals surface area contributed by atoms with E-state index < -0.39 is 23.3 Å². The highest BCUT2D eigenvalue weighted by Crippen LogP contribution is 2.44. The standard InChI is InChI=1S/C18H21NO5/c1-3-4-9-24-12-10-18(11-12,17(22)23-2)19-15(20)13-7-5-6-8-14(13)16(19)21/h5-8,12H,3-4,9-11H2,1-2H3/t12-,18-. The summed E-state index contributed by atoms with van der Waals surface area (Å²) in [5.41, 5.74) is -0.582. The van der Waals surface area contributed by atoms with Crippen molar-refractivity contribution in [2.75, 3.05) is 13.7 Å². The molecule has 1 saturated carbocycles. The molecule has 0 unspecified atom stereocenters. The smallest absolute Gasteiger partial charge is 0.332 e. The minimum Gasteiger partial charge on any atom is -0.467 e. The monoisotopic (exact) mass is 331 g/mol. The van der Waals surface area contributed by atoms with Gasteiger partial charge in [-0.3, -0.25) is 14.5 Å². The van der Waals surface area contributed by atoms with Crippen molar-refractivity contribution in [3.8, 4) is 0 Å². The lowest BCUT2D eigenvalue weighted by Crippen LogP contribution is -2.66. The lowest BCUT2D eigenvalue weighted by molar-refractivity contribution is -0.169. The zero-order chi connectivity index (χ0) is 17.3. The molecule has 24 heavy (non-hydrogen) atoms. The van der Waals surface area contributed by atoms with Gasteiger partial charge in [0.25, 0.3) is 11.8 Å². The fraction of sp³-hybridized carbons (Fsp3) is 0.500. The van der Waals surface area contributed by atoms with Crippen LogP contribution >= 0.6 is 0 Å². The molecular weight excluding hydrogens is 310 g/mol. The lowest BCUT2D eigenvalue weighted by Gasteiger charge is -2.48. The van der Waals surface area contributed by atoms with E-state index in [1.807, 2.05) is 0 Å². The van der Waals surface area contributed by atoms with Crippen LogP contribution in [0.3, 0.4) is 0 Å². The summed E-state index contributed by atoms with van der Waals surface area (Å²) in [7, 11) is 1.27. The number of fused-ring (bicyclic) bond motifs is 1. The molecule has 0 radical (unpaired) electrons. The number of amides is 2. The Labute approximate surface area is 140 Å². The van der Waals surface area contributed by atoms with Gasteiger partial charge < -0.3 is 9.47 Å². The number of methoxy groups -OCH3 is 1. The molecule has 128 valence electrons. The number of carbonyl (C=O) groups is 3. The molecule has 3 rings (SSSR count). The van der Waals surface area contributed by atoms with Crippen molar-refractivity contribution in [3.63, 3.8) is 0 Å². The number of rotatable bonds is 6. The first-order chi connectivity index (χ1) is 11.5. The van der Waals surface area contributed by atoms with E-state index in [0.717, 1.165) is 17.7 Å². The second-order valence-corrected chi connectivity index (χ2v) is 6.27. The van der Waals surface area contributed by atoms with Gasteiger partial charge in [0.1, 0.15) is 0 Å². The Balaban J connectivity index is 1.84. The Morgan fingerprint density at radius 3 is 2.29 bits per heavy atom. The molecule has 0 bridgehead atoms. The third-order valence-corrected chi connectivity index (χ3v) is 4.77. The minimum atomic E-state index is -1.25.